The Hall–Kier alpha value is -0.610. The van der Waals surface area contributed by atoms with Crippen LogP contribution in [0.25, 0.3) is 0 Å². The molecule has 0 aliphatic carbocycles. The molecule has 0 aromatic carbocycles. The molecule has 0 amide bonds. The highest BCUT2D eigenvalue weighted by Gasteiger charge is 2.47. The Labute approximate surface area is 153 Å². The molecule has 2 N–H and O–H groups in total. The van der Waals surface area contributed by atoms with Gasteiger partial charge in [-0.25, -0.2) is 0 Å². The Bertz CT molecular complexity index is 384. The van der Waals surface area contributed by atoms with Crippen molar-refractivity contribution in [3.8, 4) is 0 Å². The van der Waals surface area contributed by atoms with E-state index in [-0.39, 0.29) is 6.10 Å². The van der Waals surface area contributed by atoms with Crippen LogP contribution in [0.15, 0.2) is 0 Å². The van der Waals surface area contributed by atoms with Gasteiger partial charge in [-0.3, -0.25) is 4.79 Å². The fraction of sp³-hybridized carbons (Fsp3) is 0.952. The summed E-state index contributed by atoms with van der Waals surface area (Å²) in [7, 11) is 0. The third kappa shape index (κ3) is 6.90. The van der Waals surface area contributed by atoms with E-state index < -0.39 is 5.97 Å². The largest absolute Gasteiger partial charge is 0.481 e. The highest BCUT2D eigenvalue weighted by molar-refractivity contribution is 5.66. The summed E-state index contributed by atoms with van der Waals surface area (Å²) in [6.45, 7) is 2.20. The normalized spacial score (nSPS) is 29.2. The van der Waals surface area contributed by atoms with E-state index in [0.717, 1.165) is 44.9 Å². The van der Waals surface area contributed by atoms with Crippen LogP contribution in [0, 0.1) is 11.8 Å². The van der Waals surface area contributed by atoms with Gasteiger partial charge in [-0.05, 0) is 56.8 Å². The maximum atomic E-state index is 10.5. The second-order valence-corrected chi connectivity index (χ2v) is 8.19. The first-order valence-electron chi connectivity index (χ1n) is 10.7. The van der Waals surface area contributed by atoms with Gasteiger partial charge in [0.05, 0.1) is 18.3 Å². The predicted octanol–water partition coefficient (Wildman–Crippen LogP) is 4.93. The number of carboxylic acid groups (broad SMARTS) is 1. The summed E-state index contributed by atoms with van der Waals surface area (Å²) in [5.74, 6) is 0.624. The molecular formula is C21H38O4. The molecule has 0 aromatic heterocycles. The number of ether oxygens (including phenoxy) is 1. The number of hydrogen-bond acceptors (Lipinski definition) is 3. The number of hydrogen-bond donors (Lipinski definition) is 2. The van der Waals surface area contributed by atoms with Gasteiger partial charge in [-0.15, -0.1) is 0 Å². The smallest absolute Gasteiger partial charge is 0.303 e. The molecule has 2 aliphatic heterocycles. The Kier molecular flexibility index (Phi) is 9.25. The van der Waals surface area contributed by atoms with E-state index in [2.05, 4.69) is 6.92 Å². The van der Waals surface area contributed by atoms with Crippen LogP contribution in [0.3, 0.4) is 0 Å². The highest BCUT2D eigenvalue weighted by Crippen LogP contribution is 2.47. The molecule has 5 atom stereocenters. The molecule has 146 valence electrons. The summed E-state index contributed by atoms with van der Waals surface area (Å²) < 4.78 is 6.18. The molecule has 0 saturated carbocycles. The Morgan fingerprint density at radius 3 is 2.32 bits per heavy atom. The third-order valence-corrected chi connectivity index (χ3v) is 6.24. The highest BCUT2D eigenvalue weighted by atomic mass is 16.5. The van der Waals surface area contributed by atoms with Crippen molar-refractivity contribution in [3.05, 3.63) is 0 Å². The minimum absolute atomic E-state index is 0.137. The van der Waals surface area contributed by atoms with Crippen LogP contribution in [-0.4, -0.2) is 34.5 Å². The number of aliphatic hydroxyl groups excluding tert-OH is 1. The maximum Gasteiger partial charge on any atom is 0.303 e. The number of aliphatic carboxylic acids is 1. The lowest BCUT2D eigenvalue weighted by Crippen LogP contribution is -2.28. The fourth-order valence-corrected chi connectivity index (χ4v) is 4.84. The molecule has 4 heteroatoms. The van der Waals surface area contributed by atoms with Gasteiger partial charge in [-0.1, -0.05) is 45.4 Å². The number of carbonyl (C=O) groups is 1. The SMILES string of the molecule is CCCCCC(O)CC[C@H]1[C@H](CCCCCCC(=O)O)[C@H]2CC[C@@H]1O2. The van der Waals surface area contributed by atoms with Gasteiger partial charge in [0.2, 0.25) is 0 Å². The zero-order valence-electron chi connectivity index (χ0n) is 16.0. The van der Waals surface area contributed by atoms with E-state index in [0.29, 0.717) is 30.5 Å². The summed E-state index contributed by atoms with van der Waals surface area (Å²) in [6, 6.07) is 0. The lowest BCUT2D eigenvalue weighted by atomic mass is 9.74. The lowest BCUT2D eigenvalue weighted by Gasteiger charge is -2.28. The molecule has 2 aliphatic rings. The second-order valence-electron chi connectivity index (χ2n) is 8.19. The van der Waals surface area contributed by atoms with Gasteiger partial charge in [0.25, 0.3) is 0 Å². The molecule has 2 fully saturated rings. The van der Waals surface area contributed by atoms with Crippen molar-refractivity contribution in [1.82, 2.24) is 0 Å². The maximum absolute atomic E-state index is 10.5. The number of unbranched alkanes of at least 4 members (excludes halogenated alkanes) is 5. The number of rotatable bonds is 14. The summed E-state index contributed by atoms with van der Waals surface area (Å²) in [6.07, 6.45) is 15.4. The van der Waals surface area contributed by atoms with E-state index in [1.807, 2.05) is 0 Å². The van der Waals surface area contributed by atoms with E-state index in [9.17, 15) is 9.90 Å². The van der Waals surface area contributed by atoms with Crippen molar-refractivity contribution in [2.45, 2.75) is 115 Å². The molecule has 0 aromatic rings. The Morgan fingerprint density at radius 2 is 1.64 bits per heavy atom. The average Bonchev–Trinajstić information content (AvgIpc) is 3.17. The van der Waals surface area contributed by atoms with Crippen LogP contribution in [0.5, 0.6) is 0 Å². The van der Waals surface area contributed by atoms with Crippen molar-refractivity contribution in [3.63, 3.8) is 0 Å². The van der Waals surface area contributed by atoms with Crippen LogP contribution in [-0.2, 0) is 9.53 Å². The molecule has 2 heterocycles. The molecule has 0 spiro atoms. The van der Waals surface area contributed by atoms with Crippen molar-refractivity contribution in [2.24, 2.45) is 11.8 Å². The van der Waals surface area contributed by atoms with Crippen LogP contribution in [0.2, 0.25) is 0 Å². The molecule has 0 radical (unpaired) electrons. The first kappa shape index (κ1) is 20.7. The first-order chi connectivity index (χ1) is 12.1. The Balaban J connectivity index is 1.65. The minimum atomic E-state index is -0.681. The summed E-state index contributed by atoms with van der Waals surface area (Å²) in [4.78, 5) is 10.5. The lowest BCUT2D eigenvalue weighted by molar-refractivity contribution is -0.137. The predicted molar refractivity (Wildman–Crippen MR) is 99.6 cm³/mol. The van der Waals surface area contributed by atoms with E-state index >= 15 is 0 Å². The van der Waals surface area contributed by atoms with Gasteiger partial charge in [0.15, 0.2) is 0 Å². The summed E-state index contributed by atoms with van der Waals surface area (Å²) >= 11 is 0. The number of aliphatic hydroxyl groups is 1. The number of fused-ring (bicyclic) bond motifs is 2. The Morgan fingerprint density at radius 1 is 0.960 bits per heavy atom. The van der Waals surface area contributed by atoms with Crippen LogP contribution >= 0.6 is 0 Å². The second kappa shape index (κ2) is 11.2. The molecule has 1 unspecified atom stereocenters. The van der Waals surface area contributed by atoms with Gasteiger partial charge < -0.3 is 14.9 Å². The minimum Gasteiger partial charge on any atom is -0.481 e. The molecule has 2 saturated heterocycles. The topological polar surface area (TPSA) is 66.8 Å². The van der Waals surface area contributed by atoms with E-state index in [1.165, 1.54) is 38.5 Å². The van der Waals surface area contributed by atoms with Crippen LogP contribution < -0.4 is 0 Å². The quantitative estimate of drug-likeness (QED) is 0.434. The van der Waals surface area contributed by atoms with Gasteiger partial charge in [0.1, 0.15) is 0 Å². The van der Waals surface area contributed by atoms with Crippen molar-refractivity contribution >= 4 is 5.97 Å². The van der Waals surface area contributed by atoms with E-state index in [1.54, 1.807) is 0 Å². The van der Waals surface area contributed by atoms with Gasteiger partial charge >= 0.3 is 5.97 Å². The zero-order chi connectivity index (χ0) is 18.1. The molecular weight excluding hydrogens is 316 g/mol. The monoisotopic (exact) mass is 354 g/mol. The average molecular weight is 355 g/mol. The van der Waals surface area contributed by atoms with Gasteiger partial charge in [0, 0.05) is 6.42 Å². The zero-order valence-corrected chi connectivity index (χ0v) is 16.0. The molecule has 2 rings (SSSR count). The molecule has 25 heavy (non-hydrogen) atoms. The van der Waals surface area contributed by atoms with Crippen LogP contribution in [0.4, 0.5) is 0 Å². The third-order valence-electron chi connectivity index (χ3n) is 6.24. The molecule has 2 bridgehead atoms. The van der Waals surface area contributed by atoms with Crippen molar-refractivity contribution in [1.29, 1.82) is 0 Å². The van der Waals surface area contributed by atoms with E-state index in [4.69, 9.17) is 9.84 Å². The standard InChI is InChI=1S/C21H38O4/c1-2-3-6-9-16(22)12-13-18-17(19-14-15-20(18)25-19)10-7-4-5-8-11-21(23)24/h16-20,22H,2-15H2,1H3,(H,23,24)/t16?,17-,18-,19+,20-/m0/s1. The van der Waals surface area contributed by atoms with Crippen molar-refractivity contribution in [2.75, 3.05) is 0 Å². The summed E-state index contributed by atoms with van der Waals surface area (Å²) in [5.41, 5.74) is 0. The number of carboxylic acids is 1. The van der Waals surface area contributed by atoms with Crippen molar-refractivity contribution < 1.29 is 19.7 Å². The van der Waals surface area contributed by atoms with Gasteiger partial charge in [-0.2, -0.15) is 0 Å². The summed E-state index contributed by atoms with van der Waals surface area (Å²) in [5, 5.41) is 18.9. The molecule has 4 nitrogen and oxygen atoms in total. The fourth-order valence-electron chi connectivity index (χ4n) is 4.84. The van der Waals surface area contributed by atoms with Crippen LogP contribution in [0.1, 0.15) is 96.8 Å². The first-order valence-corrected chi connectivity index (χ1v) is 10.7.